The molecule has 3 heterocycles. The Balaban J connectivity index is 1.62. The van der Waals surface area contributed by atoms with Crippen molar-refractivity contribution >= 4 is 5.97 Å². The molecule has 5 heteroatoms. The van der Waals surface area contributed by atoms with Gasteiger partial charge in [-0.3, -0.25) is 4.79 Å². The molecule has 0 aromatic carbocycles. The third kappa shape index (κ3) is 1.73. The van der Waals surface area contributed by atoms with E-state index in [0.29, 0.717) is 18.2 Å². The molecule has 3 aliphatic rings. The van der Waals surface area contributed by atoms with Gasteiger partial charge in [-0.1, -0.05) is 0 Å². The second-order valence-electron chi connectivity index (χ2n) is 5.31. The van der Waals surface area contributed by atoms with E-state index < -0.39 is 5.97 Å². The lowest BCUT2D eigenvalue weighted by Crippen LogP contribution is -2.71. The minimum atomic E-state index is -0.724. The second-order valence-corrected chi connectivity index (χ2v) is 5.31. The maximum absolute atomic E-state index is 10.8. The van der Waals surface area contributed by atoms with E-state index in [0.717, 1.165) is 25.9 Å². The van der Waals surface area contributed by atoms with Crippen LogP contribution in [0.4, 0.5) is 0 Å². The summed E-state index contributed by atoms with van der Waals surface area (Å²) in [6.07, 6.45) is 4.28. The number of hydrogen-bond donors (Lipinski definition) is 3. The second kappa shape index (κ2) is 3.68. The molecule has 3 N–H and O–H groups in total. The van der Waals surface area contributed by atoms with Crippen molar-refractivity contribution in [1.82, 2.24) is 10.6 Å². The molecule has 3 rings (SSSR count). The number of fused-ring (bicyclic) bond motifs is 2. The van der Waals surface area contributed by atoms with E-state index in [-0.39, 0.29) is 12.0 Å². The molecule has 2 bridgehead atoms. The number of ether oxygens (including phenoxy) is 1. The minimum absolute atomic E-state index is 0.202. The predicted octanol–water partition coefficient (Wildman–Crippen LogP) is -0.287. The van der Waals surface area contributed by atoms with E-state index in [2.05, 4.69) is 10.6 Å². The molecule has 0 spiro atoms. The quantitative estimate of drug-likeness (QED) is 0.614. The molecule has 16 heavy (non-hydrogen) atoms. The zero-order valence-electron chi connectivity index (χ0n) is 9.24. The number of aliphatic carboxylic acids is 1. The van der Waals surface area contributed by atoms with Crippen LogP contribution >= 0.6 is 0 Å². The summed E-state index contributed by atoms with van der Waals surface area (Å²) in [5.41, 5.74) is -0.232. The molecule has 3 atom stereocenters. The Morgan fingerprint density at radius 3 is 2.75 bits per heavy atom. The largest absolute Gasteiger partial charge is 0.481 e. The molecule has 3 unspecified atom stereocenters. The van der Waals surface area contributed by atoms with Gasteiger partial charge in [-0.2, -0.15) is 0 Å². The van der Waals surface area contributed by atoms with Gasteiger partial charge in [-0.05, 0) is 19.3 Å². The van der Waals surface area contributed by atoms with E-state index in [4.69, 9.17) is 9.84 Å². The van der Waals surface area contributed by atoms with E-state index in [1.54, 1.807) is 0 Å². The fourth-order valence-corrected chi connectivity index (χ4v) is 3.18. The summed E-state index contributed by atoms with van der Waals surface area (Å²) < 4.78 is 5.77. The van der Waals surface area contributed by atoms with Gasteiger partial charge in [0.15, 0.2) is 0 Å². The first-order valence-corrected chi connectivity index (χ1v) is 6.03. The Bertz CT molecular complexity index is 304. The lowest BCUT2D eigenvalue weighted by Gasteiger charge is -2.45. The van der Waals surface area contributed by atoms with E-state index in [1.807, 2.05) is 0 Å². The minimum Gasteiger partial charge on any atom is -0.481 e. The van der Waals surface area contributed by atoms with Crippen molar-refractivity contribution in [3.05, 3.63) is 0 Å². The van der Waals surface area contributed by atoms with Crippen LogP contribution in [-0.2, 0) is 9.53 Å². The van der Waals surface area contributed by atoms with Gasteiger partial charge in [0.05, 0.1) is 24.2 Å². The van der Waals surface area contributed by atoms with Gasteiger partial charge >= 0.3 is 5.97 Å². The normalized spacial score (nSPS) is 39.6. The zero-order chi connectivity index (χ0) is 11.2. The van der Waals surface area contributed by atoms with Crippen molar-refractivity contribution in [2.45, 2.75) is 49.5 Å². The van der Waals surface area contributed by atoms with Gasteiger partial charge in [0.25, 0.3) is 0 Å². The zero-order valence-corrected chi connectivity index (χ0v) is 9.24. The summed E-state index contributed by atoms with van der Waals surface area (Å²) in [4.78, 5) is 10.8. The van der Waals surface area contributed by atoms with Crippen LogP contribution in [0.15, 0.2) is 0 Å². The first kappa shape index (κ1) is 10.5. The SMILES string of the molecule is O=C(O)CC1(NC2CC3CCC2O3)CNC1. The average Bonchev–Trinajstić information content (AvgIpc) is 2.74. The standard InChI is InChI=1S/C11H18N2O3/c14-10(15)4-11(5-12-6-11)13-8-3-7-1-2-9(8)16-7/h7-9,12-13H,1-6H2,(H,14,15). The Kier molecular flexibility index (Phi) is 2.42. The maximum Gasteiger partial charge on any atom is 0.305 e. The fourth-order valence-electron chi connectivity index (χ4n) is 3.18. The molecule has 0 aliphatic carbocycles. The van der Waals surface area contributed by atoms with E-state index in [9.17, 15) is 4.79 Å². The Morgan fingerprint density at radius 1 is 1.50 bits per heavy atom. The van der Waals surface area contributed by atoms with Gasteiger partial charge in [0.2, 0.25) is 0 Å². The summed E-state index contributed by atoms with van der Waals surface area (Å²) in [5.74, 6) is -0.724. The van der Waals surface area contributed by atoms with E-state index >= 15 is 0 Å². The van der Waals surface area contributed by atoms with Gasteiger partial charge in [0.1, 0.15) is 0 Å². The summed E-state index contributed by atoms with van der Waals surface area (Å²) in [7, 11) is 0. The lowest BCUT2D eigenvalue weighted by molar-refractivity contribution is -0.139. The highest BCUT2D eigenvalue weighted by Gasteiger charge is 2.47. The molecule has 3 aliphatic heterocycles. The number of carboxylic acids is 1. The van der Waals surface area contributed by atoms with Crippen LogP contribution in [0.3, 0.4) is 0 Å². The van der Waals surface area contributed by atoms with Crippen LogP contribution in [0.1, 0.15) is 25.7 Å². The Hall–Kier alpha value is -0.650. The highest BCUT2D eigenvalue weighted by molar-refractivity contribution is 5.68. The topological polar surface area (TPSA) is 70.6 Å². The molecule has 3 fully saturated rings. The average molecular weight is 226 g/mol. The van der Waals surface area contributed by atoms with Crippen LogP contribution in [0.5, 0.6) is 0 Å². The summed E-state index contributed by atoms with van der Waals surface area (Å²) >= 11 is 0. The number of carboxylic acid groups (broad SMARTS) is 1. The highest BCUT2D eigenvalue weighted by atomic mass is 16.5. The smallest absolute Gasteiger partial charge is 0.305 e. The lowest BCUT2D eigenvalue weighted by atomic mass is 9.85. The third-order valence-electron chi connectivity index (χ3n) is 4.01. The van der Waals surface area contributed by atoms with Crippen LogP contribution < -0.4 is 10.6 Å². The van der Waals surface area contributed by atoms with Crippen molar-refractivity contribution in [3.63, 3.8) is 0 Å². The molecule has 3 saturated heterocycles. The van der Waals surface area contributed by atoms with Crippen molar-refractivity contribution in [2.75, 3.05) is 13.1 Å². The number of hydrogen-bond acceptors (Lipinski definition) is 4. The van der Waals surface area contributed by atoms with Crippen LogP contribution in [0.25, 0.3) is 0 Å². The Labute approximate surface area is 94.5 Å². The monoisotopic (exact) mass is 226 g/mol. The van der Waals surface area contributed by atoms with Gasteiger partial charge < -0.3 is 20.5 Å². The van der Waals surface area contributed by atoms with Gasteiger partial charge in [-0.25, -0.2) is 0 Å². The molecule has 90 valence electrons. The van der Waals surface area contributed by atoms with Crippen LogP contribution in [0, 0.1) is 0 Å². The summed E-state index contributed by atoms with van der Waals surface area (Å²) in [6, 6.07) is 0.361. The first-order chi connectivity index (χ1) is 7.67. The highest BCUT2D eigenvalue weighted by Crippen LogP contribution is 2.35. The molecule has 0 amide bonds. The number of nitrogens with one attached hydrogen (secondary N) is 2. The first-order valence-electron chi connectivity index (χ1n) is 6.03. The maximum atomic E-state index is 10.8. The van der Waals surface area contributed by atoms with Gasteiger partial charge in [-0.15, -0.1) is 0 Å². The molecule has 0 aromatic rings. The van der Waals surface area contributed by atoms with Crippen molar-refractivity contribution < 1.29 is 14.6 Å². The summed E-state index contributed by atoms with van der Waals surface area (Å²) in [6.45, 7) is 1.51. The van der Waals surface area contributed by atoms with Crippen molar-refractivity contribution in [1.29, 1.82) is 0 Å². The van der Waals surface area contributed by atoms with Crippen molar-refractivity contribution in [3.8, 4) is 0 Å². The number of rotatable bonds is 4. The fraction of sp³-hybridized carbons (Fsp3) is 0.909. The molecule has 0 radical (unpaired) electrons. The number of carbonyl (C=O) groups is 1. The van der Waals surface area contributed by atoms with Crippen molar-refractivity contribution in [2.24, 2.45) is 0 Å². The van der Waals surface area contributed by atoms with Crippen LogP contribution in [0.2, 0.25) is 0 Å². The predicted molar refractivity (Wildman–Crippen MR) is 57.3 cm³/mol. The third-order valence-corrected chi connectivity index (χ3v) is 4.01. The molecule has 0 aromatic heterocycles. The molecular formula is C11H18N2O3. The molecular weight excluding hydrogens is 208 g/mol. The van der Waals surface area contributed by atoms with Gasteiger partial charge in [0, 0.05) is 19.1 Å². The molecule has 5 nitrogen and oxygen atoms in total. The van der Waals surface area contributed by atoms with E-state index in [1.165, 1.54) is 6.42 Å². The Morgan fingerprint density at radius 2 is 2.31 bits per heavy atom. The summed E-state index contributed by atoms with van der Waals surface area (Å²) in [5, 5.41) is 15.6. The van der Waals surface area contributed by atoms with Crippen LogP contribution in [-0.4, -0.2) is 48.0 Å². The molecule has 0 saturated carbocycles.